The predicted molar refractivity (Wildman–Crippen MR) is 83.3 cm³/mol. The predicted octanol–water partition coefficient (Wildman–Crippen LogP) is 3.08. The number of likely N-dealkylation sites (tertiary alicyclic amines) is 1. The van der Waals surface area contributed by atoms with Crippen LogP contribution in [0.1, 0.15) is 31.2 Å². The minimum absolute atomic E-state index is 0.168. The van der Waals surface area contributed by atoms with E-state index in [0.29, 0.717) is 10.5 Å². The maximum atomic E-state index is 13.2. The Morgan fingerprint density at radius 1 is 1.29 bits per heavy atom. The van der Waals surface area contributed by atoms with Crippen molar-refractivity contribution in [1.82, 2.24) is 10.2 Å². The van der Waals surface area contributed by atoms with E-state index in [1.54, 1.807) is 0 Å². The van der Waals surface area contributed by atoms with Crippen LogP contribution in [0, 0.1) is 11.7 Å². The molecule has 1 saturated carbocycles. The lowest BCUT2D eigenvalue weighted by atomic mass is 9.95. The zero-order valence-electron chi connectivity index (χ0n) is 11.9. The van der Waals surface area contributed by atoms with Gasteiger partial charge in [-0.15, -0.1) is 0 Å². The smallest absolute Gasteiger partial charge is 0.223 e. The molecule has 2 aliphatic rings. The number of hydrogen-bond donors (Lipinski definition) is 1. The van der Waals surface area contributed by atoms with E-state index in [-0.39, 0.29) is 17.6 Å². The Morgan fingerprint density at radius 2 is 2.00 bits per heavy atom. The minimum atomic E-state index is -0.228. The molecule has 0 unspecified atom stereocenters. The first kappa shape index (κ1) is 15.0. The van der Waals surface area contributed by atoms with Gasteiger partial charge in [0.25, 0.3) is 0 Å². The average Bonchev–Trinajstić information content (AvgIpc) is 3.28. The number of amides is 1. The quantitative estimate of drug-likeness (QED) is 0.900. The van der Waals surface area contributed by atoms with Gasteiger partial charge < -0.3 is 5.32 Å². The highest BCUT2D eigenvalue weighted by Gasteiger charge is 2.29. The summed E-state index contributed by atoms with van der Waals surface area (Å²) in [4.78, 5) is 14.4. The van der Waals surface area contributed by atoms with Gasteiger partial charge in [-0.1, -0.05) is 6.07 Å². The fraction of sp³-hybridized carbons (Fsp3) is 0.562. The Bertz CT molecular complexity index is 525. The third-order valence-corrected chi connectivity index (χ3v) is 4.88. The van der Waals surface area contributed by atoms with Crippen LogP contribution in [0.3, 0.4) is 0 Å². The zero-order chi connectivity index (χ0) is 14.8. The first-order valence-electron chi connectivity index (χ1n) is 7.58. The fourth-order valence-corrected chi connectivity index (χ4v) is 3.22. The second-order valence-corrected chi connectivity index (χ2v) is 6.94. The summed E-state index contributed by atoms with van der Waals surface area (Å²) >= 11 is 3.22. The number of benzene rings is 1. The molecule has 2 fully saturated rings. The van der Waals surface area contributed by atoms with Gasteiger partial charge in [-0.2, -0.15) is 0 Å². The Hall–Kier alpha value is -0.940. The molecule has 3 nitrogen and oxygen atoms in total. The molecule has 0 bridgehead atoms. The van der Waals surface area contributed by atoms with Crippen LogP contribution in [0.15, 0.2) is 22.7 Å². The second-order valence-electron chi connectivity index (χ2n) is 6.08. The summed E-state index contributed by atoms with van der Waals surface area (Å²) in [6.07, 6.45) is 4.12. The second kappa shape index (κ2) is 6.44. The van der Waals surface area contributed by atoms with Crippen molar-refractivity contribution in [2.45, 2.75) is 38.3 Å². The molecule has 114 valence electrons. The molecule has 0 spiro atoms. The highest BCUT2D eigenvalue weighted by Crippen LogP contribution is 2.24. The van der Waals surface area contributed by atoms with E-state index < -0.39 is 0 Å². The average molecular weight is 355 g/mol. The van der Waals surface area contributed by atoms with E-state index in [0.717, 1.165) is 50.9 Å². The standard InChI is InChI=1S/C16H20BrFN2O/c17-14-9-11(1-4-15(14)18)10-20-7-5-12(6-8-20)16(21)19-13-2-3-13/h1,4,9,12-13H,2-3,5-8,10H2,(H,19,21). The van der Waals surface area contributed by atoms with E-state index in [2.05, 4.69) is 26.1 Å². The Kier molecular flexibility index (Phi) is 4.60. The highest BCUT2D eigenvalue weighted by atomic mass is 79.9. The number of nitrogens with one attached hydrogen (secondary N) is 1. The lowest BCUT2D eigenvalue weighted by Crippen LogP contribution is -2.40. The molecular weight excluding hydrogens is 335 g/mol. The number of rotatable bonds is 4. The van der Waals surface area contributed by atoms with Gasteiger partial charge in [-0.05, 0) is 72.4 Å². The van der Waals surface area contributed by atoms with Crippen LogP contribution in [0.4, 0.5) is 4.39 Å². The van der Waals surface area contributed by atoms with Gasteiger partial charge in [0.2, 0.25) is 5.91 Å². The Morgan fingerprint density at radius 3 is 2.62 bits per heavy atom. The summed E-state index contributed by atoms with van der Waals surface area (Å²) in [5.41, 5.74) is 1.10. The summed E-state index contributed by atoms with van der Waals surface area (Å²) in [7, 11) is 0. The third kappa shape index (κ3) is 4.04. The summed E-state index contributed by atoms with van der Waals surface area (Å²) in [5.74, 6) is 0.178. The van der Waals surface area contributed by atoms with Crippen molar-refractivity contribution >= 4 is 21.8 Å². The van der Waals surface area contributed by atoms with Gasteiger partial charge in [0.1, 0.15) is 5.82 Å². The van der Waals surface area contributed by atoms with Gasteiger partial charge in [0, 0.05) is 18.5 Å². The molecule has 1 heterocycles. The summed E-state index contributed by atoms with van der Waals surface area (Å²) in [6.45, 7) is 2.67. The third-order valence-electron chi connectivity index (χ3n) is 4.27. The van der Waals surface area contributed by atoms with E-state index in [4.69, 9.17) is 0 Å². The largest absolute Gasteiger partial charge is 0.353 e. The van der Waals surface area contributed by atoms with Crippen LogP contribution < -0.4 is 5.32 Å². The zero-order valence-corrected chi connectivity index (χ0v) is 13.5. The highest BCUT2D eigenvalue weighted by molar-refractivity contribution is 9.10. The topological polar surface area (TPSA) is 32.3 Å². The van der Waals surface area contributed by atoms with Crippen molar-refractivity contribution < 1.29 is 9.18 Å². The summed E-state index contributed by atoms with van der Waals surface area (Å²) in [5, 5.41) is 3.10. The molecule has 0 radical (unpaired) electrons. The number of carbonyl (C=O) groups excluding carboxylic acids is 1. The van der Waals surface area contributed by atoms with Gasteiger partial charge in [0.05, 0.1) is 4.47 Å². The van der Waals surface area contributed by atoms with Crippen LogP contribution in [0.2, 0.25) is 0 Å². The number of nitrogens with zero attached hydrogens (tertiary/aromatic N) is 1. The molecule has 1 N–H and O–H groups in total. The van der Waals surface area contributed by atoms with Crippen molar-refractivity contribution in [3.63, 3.8) is 0 Å². The van der Waals surface area contributed by atoms with Crippen LogP contribution in [-0.4, -0.2) is 29.9 Å². The number of halogens is 2. The molecule has 1 aromatic carbocycles. The molecule has 0 aromatic heterocycles. The number of hydrogen-bond acceptors (Lipinski definition) is 2. The van der Waals surface area contributed by atoms with Gasteiger partial charge >= 0.3 is 0 Å². The minimum Gasteiger partial charge on any atom is -0.353 e. The molecule has 5 heteroatoms. The van der Waals surface area contributed by atoms with Crippen LogP contribution in [0.5, 0.6) is 0 Å². The fourth-order valence-electron chi connectivity index (χ4n) is 2.80. The lowest BCUT2D eigenvalue weighted by Gasteiger charge is -2.31. The molecule has 1 aliphatic carbocycles. The first-order valence-corrected chi connectivity index (χ1v) is 8.38. The normalized spacial score (nSPS) is 20.5. The van der Waals surface area contributed by atoms with Gasteiger partial charge in [0.15, 0.2) is 0 Å². The number of carbonyl (C=O) groups is 1. The van der Waals surface area contributed by atoms with Crippen LogP contribution >= 0.6 is 15.9 Å². The first-order chi connectivity index (χ1) is 10.1. The molecule has 1 aliphatic heterocycles. The maximum Gasteiger partial charge on any atom is 0.223 e. The van der Waals surface area contributed by atoms with Crippen LogP contribution in [-0.2, 0) is 11.3 Å². The molecule has 21 heavy (non-hydrogen) atoms. The SMILES string of the molecule is O=C(NC1CC1)C1CCN(Cc2ccc(F)c(Br)c2)CC1. The van der Waals surface area contributed by atoms with E-state index in [9.17, 15) is 9.18 Å². The monoisotopic (exact) mass is 354 g/mol. The van der Waals surface area contributed by atoms with Crippen LogP contribution in [0.25, 0.3) is 0 Å². The summed E-state index contributed by atoms with van der Waals surface area (Å²) < 4.78 is 13.7. The van der Waals surface area contributed by atoms with Crippen molar-refractivity contribution in [2.75, 3.05) is 13.1 Å². The van der Waals surface area contributed by atoms with E-state index in [1.165, 1.54) is 6.07 Å². The maximum absolute atomic E-state index is 13.2. The van der Waals surface area contributed by atoms with E-state index >= 15 is 0 Å². The van der Waals surface area contributed by atoms with Crippen molar-refractivity contribution in [1.29, 1.82) is 0 Å². The number of piperidine rings is 1. The molecule has 1 saturated heterocycles. The van der Waals surface area contributed by atoms with Gasteiger partial charge in [-0.3, -0.25) is 9.69 Å². The molecule has 1 amide bonds. The van der Waals surface area contributed by atoms with E-state index in [1.807, 2.05) is 12.1 Å². The molecule has 1 aromatic rings. The lowest BCUT2D eigenvalue weighted by molar-refractivity contribution is -0.126. The van der Waals surface area contributed by atoms with Gasteiger partial charge in [-0.25, -0.2) is 4.39 Å². The molecule has 0 atom stereocenters. The molecule has 3 rings (SSSR count). The summed E-state index contributed by atoms with van der Waals surface area (Å²) in [6, 6.07) is 5.61. The van der Waals surface area contributed by atoms with Crippen molar-refractivity contribution in [2.24, 2.45) is 5.92 Å². The van der Waals surface area contributed by atoms with Crippen molar-refractivity contribution in [3.05, 3.63) is 34.1 Å². The Labute approximate surface area is 133 Å². The van der Waals surface area contributed by atoms with Crippen molar-refractivity contribution in [3.8, 4) is 0 Å². The Balaban J connectivity index is 1.48. The molecular formula is C16H20BrFN2O.